The molecule has 0 heterocycles. The summed E-state index contributed by atoms with van der Waals surface area (Å²) in [4.78, 5) is 12.3. The molecule has 0 aromatic rings. The summed E-state index contributed by atoms with van der Waals surface area (Å²) in [5.74, 6) is -0.337. The first-order valence-electron chi connectivity index (χ1n) is 19.3. The lowest BCUT2D eigenvalue weighted by molar-refractivity contribution is -0.138. The van der Waals surface area contributed by atoms with E-state index >= 15 is 0 Å². The van der Waals surface area contributed by atoms with Crippen LogP contribution in [0.1, 0.15) is 213 Å². The van der Waals surface area contributed by atoms with Crippen LogP contribution in [0.5, 0.6) is 0 Å². The van der Waals surface area contributed by atoms with E-state index in [-0.39, 0.29) is 12.2 Å². The number of allylic oxidation sites excluding steroid dienone is 2. The van der Waals surface area contributed by atoms with Gasteiger partial charge in [-0.25, -0.2) is 0 Å². The second-order valence-electron chi connectivity index (χ2n) is 13.4. The predicted octanol–water partition coefficient (Wildman–Crippen LogP) is 11.3. The van der Waals surface area contributed by atoms with E-state index in [1.807, 2.05) is 0 Å². The molecule has 3 N–H and O–H groups in total. The topological polar surface area (TPSA) is 77.8 Å². The molecular formula is C39H76O4. The van der Waals surface area contributed by atoms with E-state index in [1.165, 1.54) is 141 Å². The summed E-state index contributed by atoms with van der Waals surface area (Å²) >= 11 is 0. The highest BCUT2D eigenvalue weighted by Crippen LogP contribution is 2.17. The predicted molar refractivity (Wildman–Crippen MR) is 187 cm³/mol. The van der Waals surface area contributed by atoms with Crippen molar-refractivity contribution in [1.82, 2.24) is 0 Å². The molecule has 0 aromatic heterocycles. The molecule has 0 amide bonds. The van der Waals surface area contributed by atoms with Gasteiger partial charge in [0.2, 0.25) is 0 Å². The number of ketones is 1. The molecule has 0 saturated heterocycles. The zero-order valence-corrected chi connectivity index (χ0v) is 29.1. The molecule has 0 bridgehead atoms. The Morgan fingerprint density at radius 2 is 0.791 bits per heavy atom. The van der Waals surface area contributed by atoms with Gasteiger partial charge in [0, 0.05) is 6.42 Å². The van der Waals surface area contributed by atoms with Crippen LogP contribution in [0.15, 0.2) is 12.2 Å². The highest BCUT2D eigenvalue weighted by molar-refractivity contribution is 5.83. The van der Waals surface area contributed by atoms with Crippen LogP contribution in [0.4, 0.5) is 0 Å². The first-order chi connectivity index (χ1) is 21.0. The molecule has 0 radical (unpaired) electrons. The van der Waals surface area contributed by atoms with Crippen LogP contribution in [-0.4, -0.2) is 39.4 Å². The van der Waals surface area contributed by atoms with Gasteiger partial charge in [0.1, 0.15) is 12.2 Å². The first kappa shape index (κ1) is 42.3. The van der Waals surface area contributed by atoms with Crippen molar-refractivity contribution in [2.24, 2.45) is 0 Å². The Morgan fingerprint density at radius 3 is 1.19 bits per heavy atom. The first-order valence-corrected chi connectivity index (χ1v) is 19.3. The normalized spacial score (nSPS) is 14.0. The molecule has 4 heteroatoms. The molecule has 0 saturated carbocycles. The van der Waals surface area contributed by atoms with Gasteiger partial charge in [0.25, 0.3) is 0 Å². The van der Waals surface area contributed by atoms with E-state index in [4.69, 9.17) is 0 Å². The molecule has 0 rings (SSSR count). The number of Topliss-reactive ketones (excluding diaryl/α,β-unsaturated/α-hetero) is 1. The van der Waals surface area contributed by atoms with Gasteiger partial charge in [-0.1, -0.05) is 180 Å². The van der Waals surface area contributed by atoms with Crippen molar-refractivity contribution in [3.8, 4) is 0 Å². The summed E-state index contributed by atoms with van der Waals surface area (Å²) in [6.07, 6.45) is 37.8. The van der Waals surface area contributed by atoms with E-state index in [0.29, 0.717) is 6.42 Å². The Kier molecular flexibility index (Phi) is 33.6. The highest BCUT2D eigenvalue weighted by Gasteiger charge is 2.29. The van der Waals surface area contributed by atoms with Gasteiger partial charge in [-0.15, -0.1) is 0 Å². The van der Waals surface area contributed by atoms with Crippen molar-refractivity contribution >= 4 is 5.78 Å². The van der Waals surface area contributed by atoms with E-state index in [9.17, 15) is 20.1 Å². The third-order valence-corrected chi connectivity index (χ3v) is 9.09. The molecule has 43 heavy (non-hydrogen) atoms. The smallest absolute Gasteiger partial charge is 0.164 e. The molecule has 0 aromatic carbocycles. The Balaban J connectivity index is 3.56. The van der Waals surface area contributed by atoms with Gasteiger partial charge in [-0.2, -0.15) is 0 Å². The van der Waals surface area contributed by atoms with E-state index < -0.39 is 18.3 Å². The van der Waals surface area contributed by atoms with Crippen LogP contribution >= 0.6 is 0 Å². The zero-order valence-electron chi connectivity index (χ0n) is 29.1. The third-order valence-electron chi connectivity index (χ3n) is 9.09. The van der Waals surface area contributed by atoms with Crippen molar-refractivity contribution in [3.05, 3.63) is 12.2 Å². The van der Waals surface area contributed by atoms with Crippen molar-refractivity contribution < 1.29 is 20.1 Å². The number of aliphatic hydroxyl groups excluding tert-OH is 3. The van der Waals surface area contributed by atoms with Crippen molar-refractivity contribution in [1.29, 1.82) is 0 Å². The van der Waals surface area contributed by atoms with E-state index in [2.05, 4.69) is 26.0 Å². The molecule has 0 aliphatic heterocycles. The molecular weight excluding hydrogens is 532 g/mol. The van der Waals surface area contributed by atoms with Crippen molar-refractivity contribution in [2.75, 3.05) is 0 Å². The number of aliphatic hydroxyl groups is 3. The fourth-order valence-electron chi connectivity index (χ4n) is 5.99. The minimum absolute atomic E-state index is 0.280. The number of hydrogen-bond donors (Lipinski definition) is 3. The Hall–Kier alpha value is -0.710. The molecule has 3 atom stereocenters. The molecule has 0 aliphatic rings. The SMILES string of the molecule is CCCCCCCC/C=C\CCCCCCCC(=O)C(O)C(O)C(O)CCCCCCCCCCCCCCCCCC. The average Bonchev–Trinajstić information content (AvgIpc) is 3.01. The standard InChI is InChI=1S/C39H76O4/c1-3-5-7-9-11-13-15-17-19-21-23-25-27-29-31-33-35-37(41)39(43)38(42)36(40)34-32-30-28-26-24-22-20-18-16-14-12-10-8-6-4-2/h18,20,37-39,41-43H,3-17,19,21-35H2,1-2H3/b20-18-. The minimum Gasteiger partial charge on any atom is -0.390 e. The number of rotatable bonds is 35. The van der Waals surface area contributed by atoms with Gasteiger partial charge in [-0.3, -0.25) is 4.79 Å². The maximum absolute atomic E-state index is 12.3. The molecule has 4 nitrogen and oxygen atoms in total. The summed E-state index contributed by atoms with van der Waals surface area (Å²) < 4.78 is 0. The van der Waals surface area contributed by atoms with Gasteiger partial charge < -0.3 is 15.3 Å². The van der Waals surface area contributed by atoms with Crippen LogP contribution in [0.25, 0.3) is 0 Å². The fourth-order valence-corrected chi connectivity index (χ4v) is 5.99. The molecule has 3 unspecified atom stereocenters. The molecule has 0 aliphatic carbocycles. The summed E-state index contributed by atoms with van der Waals surface area (Å²) in [6, 6.07) is 0. The molecule has 256 valence electrons. The summed E-state index contributed by atoms with van der Waals surface area (Å²) in [5.41, 5.74) is 0. The Morgan fingerprint density at radius 1 is 0.465 bits per heavy atom. The fraction of sp³-hybridized carbons (Fsp3) is 0.923. The quantitative estimate of drug-likeness (QED) is 0.0494. The highest BCUT2D eigenvalue weighted by atomic mass is 16.4. The van der Waals surface area contributed by atoms with Crippen molar-refractivity contribution in [2.45, 2.75) is 231 Å². The van der Waals surface area contributed by atoms with Gasteiger partial charge >= 0.3 is 0 Å². The second-order valence-corrected chi connectivity index (χ2v) is 13.4. The second kappa shape index (κ2) is 34.2. The third kappa shape index (κ3) is 29.7. The largest absolute Gasteiger partial charge is 0.390 e. The van der Waals surface area contributed by atoms with Gasteiger partial charge in [-0.05, 0) is 38.5 Å². The van der Waals surface area contributed by atoms with Crippen LogP contribution in [0, 0.1) is 0 Å². The lowest BCUT2D eigenvalue weighted by Crippen LogP contribution is -2.42. The van der Waals surface area contributed by atoms with Crippen molar-refractivity contribution in [3.63, 3.8) is 0 Å². The number of carbonyl (C=O) groups excluding carboxylic acids is 1. The summed E-state index contributed by atoms with van der Waals surface area (Å²) in [7, 11) is 0. The Bertz CT molecular complexity index is 590. The van der Waals surface area contributed by atoms with Crippen LogP contribution in [-0.2, 0) is 4.79 Å². The maximum atomic E-state index is 12.3. The summed E-state index contributed by atoms with van der Waals surface area (Å²) in [5, 5.41) is 30.8. The molecule has 0 spiro atoms. The number of carbonyl (C=O) groups is 1. The Labute approximate surface area is 268 Å². The van der Waals surface area contributed by atoms with E-state index in [1.54, 1.807) is 0 Å². The maximum Gasteiger partial charge on any atom is 0.164 e. The lowest BCUT2D eigenvalue weighted by atomic mass is 9.96. The zero-order chi connectivity index (χ0) is 31.6. The van der Waals surface area contributed by atoms with E-state index in [0.717, 1.165) is 44.9 Å². The van der Waals surface area contributed by atoms with Gasteiger partial charge in [0.05, 0.1) is 6.10 Å². The lowest BCUT2D eigenvalue weighted by Gasteiger charge is -2.22. The van der Waals surface area contributed by atoms with Crippen LogP contribution in [0.2, 0.25) is 0 Å². The number of hydrogen-bond acceptors (Lipinski definition) is 4. The summed E-state index contributed by atoms with van der Waals surface area (Å²) in [6.45, 7) is 4.53. The van der Waals surface area contributed by atoms with Crippen LogP contribution in [0.3, 0.4) is 0 Å². The average molecular weight is 609 g/mol. The minimum atomic E-state index is -1.46. The van der Waals surface area contributed by atoms with Gasteiger partial charge in [0.15, 0.2) is 5.78 Å². The number of unbranched alkanes of at least 4 members (excludes halogenated alkanes) is 26. The monoisotopic (exact) mass is 609 g/mol. The van der Waals surface area contributed by atoms with Crippen LogP contribution < -0.4 is 0 Å². The molecule has 0 fully saturated rings.